The molecule has 6 nitrogen and oxygen atoms in total. The molecule has 1 aromatic carbocycles. The first-order valence-electron chi connectivity index (χ1n) is 9.83. The monoisotopic (exact) mass is 374 g/mol. The van der Waals surface area contributed by atoms with Gasteiger partial charge in [-0.05, 0) is 56.3 Å². The van der Waals surface area contributed by atoms with Crippen LogP contribution in [0.1, 0.15) is 31.2 Å². The number of carbonyl (C=O) groups is 2. The van der Waals surface area contributed by atoms with Gasteiger partial charge in [-0.1, -0.05) is 12.1 Å². The minimum atomic E-state index is -0.152. The highest BCUT2D eigenvalue weighted by Gasteiger charge is 2.31. The van der Waals surface area contributed by atoms with E-state index in [2.05, 4.69) is 17.0 Å². The van der Waals surface area contributed by atoms with Crippen molar-refractivity contribution < 1.29 is 19.1 Å². The summed E-state index contributed by atoms with van der Waals surface area (Å²) in [5, 5.41) is 0. The van der Waals surface area contributed by atoms with Crippen molar-refractivity contribution in [2.24, 2.45) is 5.92 Å². The lowest BCUT2D eigenvalue weighted by Crippen LogP contribution is -2.46. The molecule has 2 aliphatic rings. The van der Waals surface area contributed by atoms with Crippen LogP contribution in [0.15, 0.2) is 24.3 Å². The molecule has 0 radical (unpaired) electrons. The third kappa shape index (κ3) is 5.01. The molecule has 0 aromatic heterocycles. The van der Waals surface area contributed by atoms with Crippen molar-refractivity contribution in [3.05, 3.63) is 29.8 Å². The Bertz CT molecular complexity index is 638. The van der Waals surface area contributed by atoms with E-state index in [9.17, 15) is 9.59 Å². The lowest BCUT2D eigenvalue weighted by Gasteiger charge is -2.33. The molecule has 148 valence electrons. The molecule has 0 bridgehead atoms. The SMILES string of the molecule is COC(=O)C1CCN(C(=O)CN2CCC[C@H]2Cc2ccc(OC)cc2)CC1. The van der Waals surface area contributed by atoms with E-state index in [4.69, 9.17) is 9.47 Å². The first-order chi connectivity index (χ1) is 13.1. The zero-order valence-corrected chi connectivity index (χ0v) is 16.4. The van der Waals surface area contributed by atoms with E-state index in [0.717, 1.165) is 31.6 Å². The summed E-state index contributed by atoms with van der Waals surface area (Å²) in [5.74, 6) is 0.836. The average molecular weight is 374 g/mol. The standard InChI is InChI=1S/C21H30N2O4/c1-26-19-7-5-16(6-8-19)14-18-4-3-11-23(18)15-20(24)22-12-9-17(10-13-22)21(25)27-2/h5-8,17-18H,3-4,9-15H2,1-2H3/t18-/m0/s1. The number of ether oxygens (including phenoxy) is 2. The van der Waals surface area contributed by atoms with E-state index >= 15 is 0 Å². The van der Waals surface area contributed by atoms with Crippen LogP contribution in [0.4, 0.5) is 0 Å². The van der Waals surface area contributed by atoms with Crippen LogP contribution in [-0.4, -0.2) is 68.1 Å². The van der Waals surface area contributed by atoms with Crippen molar-refractivity contribution in [1.82, 2.24) is 9.80 Å². The van der Waals surface area contributed by atoms with Crippen molar-refractivity contribution in [2.75, 3.05) is 40.4 Å². The molecule has 1 amide bonds. The number of hydrogen-bond donors (Lipinski definition) is 0. The van der Waals surface area contributed by atoms with E-state index in [0.29, 0.717) is 38.5 Å². The highest BCUT2D eigenvalue weighted by molar-refractivity contribution is 5.79. The van der Waals surface area contributed by atoms with Gasteiger partial charge in [-0.3, -0.25) is 14.5 Å². The number of carbonyl (C=O) groups excluding carboxylic acids is 2. The van der Waals surface area contributed by atoms with Crippen molar-refractivity contribution in [3.8, 4) is 5.75 Å². The topological polar surface area (TPSA) is 59.1 Å². The molecule has 2 heterocycles. The molecule has 1 aromatic rings. The van der Waals surface area contributed by atoms with E-state index < -0.39 is 0 Å². The van der Waals surface area contributed by atoms with Crippen LogP contribution in [0.25, 0.3) is 0 Å². The molecule has 27 heavy (non-hydrogen) atoms. The lowest BCUT2D eigenvalue weighted by molar-refractivity contribution is -0.149. The number of likely N-dealkylation sites (tertiary alicyclic amines) is 2. The molecule has 0 aliphatic carbocycles. The van der Waals surface area contributed by atoms with Gasteiger partial charge in [0.25, 0.3) is 0 Å². The molecule has 1 atom stereocenters. The molecular weight excluding hydrogens is 344 g/mol. The zero-order chi connectivity index (χ0) is 19.2. The summed E-state index contributed by atoms with van der Waals surface area (Å²) in [6.07, 6.45) is 4.63. The second-order valence-electron chi connectivity index (χ2n) is 7.50. The number of amides is 1. The third-order valence-electron chi connectivity index (χ3n) is 5.85. The van der Waals surface area contributed by atoms with Crippen LogP contribution in [0.3, 0.4) is 0 Å². The summed E-state index contributed by atoms with van der Waals surface area (Å²) in [7, 11) is 3.10. The van der Waals surface area contributed by atoms with Gasteiger partial charge in [-0.25, -0.2) is 0 Å². The van der Waals surface area contributed by atoms with Crippen LogP contribution in [0.5, 0.6) is 5.75 Å². The van der Waals surface area contributed by atoms with Crippen molar-refractivity contribution in [3.63, 3.8) is 0 Å². The molecule has 0 spiro atoms. The number of esters is 1. The van der Waals surface area contributed by atoms with Crippen LogP contribution in [-0.2, 0) is 20.7 Å². The quantitative estimate of drug-likeness (QED) is 0.714. The number of nitrogens with zero attached hydrogens (tertiary/aromatic N) is 2. The molecule has 2 aliphatic heterocycles. The fourth-order valence-electron chi connectivity index (χ4n) is 4.17. The number of benzene rings is 1. The lowest BCUT2D eigenvalue weighted by atomic mass is 9.97. The van der Waals surface area contributed by atoms with E-state index in [-0.39, 0.29) is 17.8 Å². The van der Waals surface area contributed by atoms with Gasteiger partial charge in [-0.2, -0.15) is 0 Å². The van der Waals surface area contributed by atoms with Crippen molar-refractivity contribution >= 4 is 11.9 Å². The Morgan fingerprint density at radius 2 is 1.74 bits per heavy atom. The molecule has 0 N–H and O–H groups in total. The van der Waals surface area contributed by atoms with Crippen LogP contribution >= 0.6 is 0 Å². The van der Waals surface area contributed by atoms with Gasteiger partial charge in [-0.15, -0.1) is 0 Å². The Morgan fingerprint density at radius 1 is 1.04 bits per heavy atom. The number of hydrogen-bond acceptors (Lipinski definition) is 5. The van der Waals surface area contributed by atoms with Gasteiger partial charge in [0.2, 0.25) is 5.91 Å². The maximum absolute atomic E-state index is 12.7. The molecule has 0 unspecified atom stereocenters. The molecular formula is C21H30N2O4. The minimum Gasteiger partial charge on any atom is -0.497 e. The van der Waals surface area contributed by atoms with Gasteiger partial charge in [0.15, 0.2) is 0 Å². The fraction of sp³-hybridized carbons (Fsp3) is 0.619. The van der Waals surface area contributed by atoms with Crippen molar-refractivity contribution in [2.45, 2.75) is 38.1 Å². The van der Waals surface area contributed by atoms with Crippen LogP contribution in [0, 0.1) is 5.92 Å². The van der Waals surface area contributed by atoms with Crippen molar-refractivity contribution in [1.29, 1.82) is 0 Å². The zero-order valence-electron chi connectivity index (χ0n) is 16.4. The Labute approximate surface area is 161 Å². The largest absolute Gasteiger partial charge is 0.497 e. The highest BCUT2D eigenvalue weighted by atomic mass is 16.5. The van der Waals surface area contributed by atoms with Gasteiger partial charge < -0.3 is 14.4 Å². The first kappa shape index (κ1) is 19.7. The first-order valence-corrected chi connectivity index (χ1v) is 9.83. The highest BCUT2D eigenvalue weighted by Crippen LogP contribution is 2.23. The predicted octanol–water partition coefficient (Wildman–Crippen LogP) is 2.11. The Kier molecular flexibility index (Phi) is 6.72. The number of piperidine rings is 1. The van der Waals surface area contributed by atoms with Gasteiger partial charge in [0.1, 0.15) is 5.75 Å². The third-order valence-corrected chi connectivity index (χ3v) is 5.85. The van der Waals surface area contributed by atoms with E-state index in [1.807, 2.05) is 17.0 Å². The summed E-state index contributed by atoms with van der Waals surface area (Å²) in [6, 6.07) is 8.61. The molecule has 3 rings (SSSR count). The second kappa shape index (κ2) is 9.22. The summed E-state index contributed by atoms with van der Waals surface area (Å²) >= 11 is 0. The van der Waals surface area contributed by atoms with Crippen LogP contribution in [0.2, 0.25) is 0 Å². The van der Waals surface area contributed by atoms with Gasteiger partial charge in [0.05, 0.1) is 26.7 Å². The smallest absolute Gasteiger partial charge is 0.308 e. The van der Waals surface area contributed by atoms with Crippen LogP contribution < -0.4 is 4.74 Å². The number of methoxy groups -OCH3 is 2. The summed E-state index contributed by atoms with van der Waals surface area (Å²) in [5.41, 5.74) is 1.28. The average Bonchev–Trinajstić information content (AvgIpc) is 3.14. The number of rotatable bonds is 6. The maximum atomic E-state index is 12.7. The summed E-state index contributed by atoms with van der Waals surface area (Å²) in [4.78, 5) is 28.6. The molecule has 0 saturated carbocycles. The normalized spacial score (nSPS) is 21.3. The summed E-state index contributed by atoms with van der Waals surface area (Å²) < 4.78 is 10.0. The molecule has 2 fully saturated rings. The fourth-order valence-corrected chi connectivity index (χ4v) is 4.17. The van der Waals surface area contributed by atoms with E-state index in [1.165, 1.54) is 12.7 Å². The Hall–Kier alpha value is -2.08. The summed E-state index contributed by atoms with van der Waals surface area (Å²) in [6.45, 7) is 2.75. The van der Waals surface area contributed by atoms with E-state index in [1.54, 1.807) is 7.11 Å². The molecule has 6 heteroatoms. The Balaban J connectivity index is 1.50. The Morgan fingerprint density at radius 3 is 2.37 bits per heavy atom. The van der Waals surface area contributed by atoms with Gasteiger partial charge >= 0.3 is 5.97 Å². The molecule has 2 saturated heterocycles. The predicted molar refractivity (Wildman–Crippen MR) is 103 cm³/mol. The second-order valence-corrected chi connectivity index (χ2v) is 7.50. The van der Waals surface area contributed by atoms with Gasteiger partial charge in [0, 0.05) is 19.1 Å². The maximum Gasteiger partial charge on any atom is 0.308 e. The minimum absolute atomic E-state index is 0.0614.